The first kappa shape index (κ1) is 14.5. The number of methoxy groups -OCH3 is 1. The highest BCUT2D eigenvalue weighted by atomic mass is 16.5. The van der Waals surface area contributed by atoms with Crippen molar-refractivity contribution < 1.29 is 14.3 Å². The summed E-state index contributed by atoms with van der Waals surface area (Å²) in [7, 11) is 1.61. The maximum atomic E-state index is 11.5. The molecule has 0 unspecified atom stereocenters. The third-order valence-corrected chi connectivity index (χ3v) is 2.51. The Morgan fingerprint density at radius 2 is 2.11 bits per heavy atom. The molecular weight excluding hydrogens is 230 g/mol. The van der Waals surface area contributed by atoms with Crippen LogP contribution in [0.1, 0.15) is 32.3 Å². The first-order valence-corrected chi connectivity index (χ1v) is 5.98. The van der Waals surface area contributed by atoms with Crippen LogP contribution in [-0.4, -0.2) is 18.6 Å². The molecule has 0 aliphatic rings. The fraction of sp³-hybridized carbons (Fsp3) is 0.500. The molecule has 0 aliphatic heterocycles. The summed E-state index contributed by atoms with van der Waals surface area (Å²) in [5.41, 5.74) is 6.38. The predicted octanol–water partition coefficient (Wildman–Crippen LogP) is 2.26. The molecule has 0 saturated carbocycles. The number of carbonyl (C=O) groups excluding carboxylic acids is 1. The predicted molar refractivity (Wildman–Crippen MR) is 70.3 cm³/mol. The Hall–Kier alpha value is -1.55. The molecule has 2 N–H and O–H groups in total. The van der Waals surface area contributed by atoms with Crippen molar-refractivity contribution in [1.29, 1.82) is 0 Å². The zero-order valence-electron chi connectivity index (χ0n) is 11.2. The van der Waals surface area contributed by atoms with Crippen molar-refractivity contribution >= 4 is 5.97 Å². The van der Waals surface area contributed by atoms with Gasteiger partial charge < -0.3 is 15.2 Å². The van der Waals surface area contributed by atoms with Gasteiger partial charge in [0, 0.05) is 12.0 Å². The Kier molecular flexibility index (Phi) is 5.16. The molecule has 4 nitrogen and oxygen atoms in total. The van der Waals surface area contributed by atoms with Gasteiger partial charge in [-0.3, -0.25) is 4.79 Å². The molecule has 18 heavy (non-hydrogen) atoms. The molecule has 0 atom stereocenters. The summed E-state index contributed by atoms with van der Waals surface area (Å²) in [6, 6.07) is 7.45. The zero-order valence-corrected chi connectivity index (χ0v) is 11.2. The van der Waals surface area contributed by atoms with Crippen LogP contribution in [0.3, 0.4) is 0 Å². The van der Waals surface area contributed by atoms with Gasteiger partial charge in [-0.05, 0) is 38.0 Å². The highest BCUT2D eigenvalue weighted by Crippen LogP contribution is 2.14. The monoisotopic (exact) mass is 251 g/mol. The Morgan fingerprint density at radius 3 is 2.72 bits per heavy atom. The minimum absolute atomic E-state index is 0.226. The van der Waals surface area contributed by atoms with E-state index in [0.29, 0.717) is 12.8 Å². The van der Waals surface area contributed by atoms with Gasteiger partial charge in [-0.1, -0.05) is 12.1 Å². The number of rotatable bonds is 6. The summed E-state index contributed by atoms with van der Waals surface area (Å²) >= 11 is 0. The quantitative estimate of drug-likeness (QED) is 0.788. The van der Waals surface area contributed by atoms with Gasteiger partial charge in [0.05, 0.1) is 7.11 Å². The van der Waals surface area contributed by atoms with E-state index in [1.54, 1.807) is 7.11 Å². The minimum atomic E-state index is -0.338. The van der Waals surface area contributed by atoms with Crippen LogP contribution in [0.5, 0.6) is 5.75 Å². The molecule has 0 bridgehead atoms. The van der Waals surface area contributed by atoms with Gasteiger partial charge >= 0.3 is 5.97 Å². The van der Waals surface area contributed by atoms with Crippen LogP contribution in [0.2, 0.25) is 0 Å². The van der Waals surface area contributed by atoms with Crippen molar-refractivity contribution in [3.63, 3.8) is 0 Å². The third kappa shape index (κ3) is 5.68. The second kappa shape index (κ2) is 6.40. The van der Waals surface area contributed by atoms with Crippen LogP contribution < -0.4 is 10.5 Å². The van der Waals surface area contributed by atoms with Crippen LogP contribution in [-0.2, 0) is 16.1 Å². The Labute approximate surface area is 108 Å². The largest absolute Gasteiger partial charge is 0.497 e. The first-order chi connectivity index (χ1) is 8.40. The van der Waals surface area contributed by atoms with E-state index in [9.17, 15) is 4.79 Å². The van der Waals surface area contributed by atoms with E-state index in [1.807, 2.05) is 38.1 Å². The van der Waals surface area contributed by atoms with Gasteiger partial charge in [0.25, 0.3) is 0 Å². The van der Waals surface area contributed by atoms with Crippen molar-refractivity contribution in [3.05, 3.63) is 29.8 Å². The second-order valence-corrected chi connectivity index (χ2v) is 5.00. The summed E-state index contributed by atoms with van der Waals surface area (Å²) in [5, 5.41) is 0. The van der Waals surface area contributed by atoms with Gasteiger partial charge in [0.1, 0.15) is 12.4 Å². The van der Waals surface area contributed by atoms with E-state index in [-0.39, 0.29) is 18.1 Å². The molecule has 0 aromatic heterocycles. The fourth-order valence-electron chi connectivity index (χ4n) is 1.42. The van der Waals surface area contributed by atoms with Gasteiger partial charge in [0.2, 0.25) is 0 Å². The maximum Gasteiger partial charge on any atom is 0.306 e. The van der Waals surface area contributed by atoms with E-state index < -0.39 is 0 Å². The van der Waals surface area contributed by atoms with Crippen molar-refractivity contribution in [2.24, 2.45) is 5.73 Å². The molecule has 0 heterocycles. The van der Waals surface area contributed by atoms with Crippen molar-refractivity contribution in [3.8, 4) is 5.75 Å². The second-order valence-electron chi connectivity index (χ2n) is 5.00. The Bertz CT molecular complexity index is 396. The zero-order chi connectivity index (χ0) is 13.6. The van der Waals surface area contributed by atoms with Gasteiger partial charge in [-0.25, -0.2) is 0 Å². The summed E-state index contributed by atoms with van der Waals surface area (Å²) in [4.78, 5) is 11.5. The van der Waals surface area contributed by atoms with Crippen LogP contribution in [0, 0.1) is 0 Å². The van der Waals surface area contributed by atoms with Crippen LogP contribution >= 0.6 is 0 Å². The lowest BCUT2D eigenvalue weighted by Crippen LogP contribution is -2.32. The van der Waals surface area contributed by atoms with E-state index in [2.05, 4.69) is 0 Å². The Balaban J connectivity index is 2.38. The van der Waals surface area contributed by atoms with Crippen LogP contribution in [0.4, 0.5) is 0 Å². The number of hydrogen-bond acceptors (Lipinski definition) is 4. The number of nitrogens with two attached hydrogens (primary N) is 1. The molecule has 1 aromatic carbocycles. The molecule has 0 spiro atoms. The van der Waals surface area contributed by atoms with Crippen molar-refractivity contribution in [1.82, 2.24) is 0 Å². The number of ether oxygens (including phenoxy) is 2. The Morgan fingerprint density at radius 1 is 1.39 bits per heavy atom. The number of benzene rings is 1. The smallest absolute Gasteiger partial charge is 0.306 e. The SMILES string of the molecule is COc1cccc(COC(=O)CCC(C)(C)N)c1. The summed E-state index contributed by atoms with van der Waals surface area (Å²) < 4.78 is 10.3. The highest BCUT2D eigenvalue weighted by molar-refractivity contribution is 5.69. The average Bonchev–Trinajstić information content (AvgIpc) is 2.33. The summed E-state index contributed by atoms with van der Waals surface area (Å²) in [6.07, 6.45) is 0.956. The fourth-order valence-corrected chi connectivity index (χ4v) is 1.42. The molecule has 0 fully saturated rings. The van der Waals surface area contributed by atoms with Crippen LogP contribution in [0.15, 0.2) is 24.3 Å². The van der Waals surface area contributed by atoms with E-state index in [0.717, 1.165) is 11.3 Å². The van der Waals surface area contributed by atoms with Gasteiger partial charge in [-0.15, -0.1) is 0 Å². The van der Waals surface area contributed by atoms with Crippen molar-refractivity contribution in [2.75, 3.05) is 7.11 Å². The number of carbonyl (C=O) groups is 1. The lowest BCUT2D eigenvalue weighted by molar-refractivity contribution is -0.145. The van der Waals surface area contributed by atoms with Gasteiger partial charge in [-0.2, -0.15) is 0 Å². The van der Waals surface area contributed by atoms with E-state index in [4.69, 9.17) is 15.2 Å². The lowest BCUT2D eigenvalue weighted by Gasteiger charge is -2.17. The van der Waals surface area contributed by atoms with E-state index in [1.165, 1.54) is 0 Å². The standard InChI is InChI=1S/C14H21NO3/c1-14(2,15)8-7-13(16)18-10-11-5-4-6-12(9-11)17-3/h4-6,9H,7-8,10,15H2,1-3H3. The lowest BCUT2D eigenvalue weighted by atomic mass is 10.0. The topological polar surface area (TPSA) is 61.5 Å². The number of hydrogen-bond donors (Lipinski definition) is 1. The molecule has 4 heteroatoms. The molecule has 100 valence electrons. The highest BCUT2D eigenvalue weighted by Gasteiger charge is 2.14. The van der Waals surface area contributed by atoms with E-state index >= 15 is 0 Å². The summed E-state index contributed by atoms with van der Waals surface area (Å²) in [5.74, 6) is 0.531. The molecular formula is C14H21NO3. The normalized spacial score (nSPS) is 11.1. The molecule has 0 aliphatic carbocycles. The molecule has 0 saturated heterocycles. The molecule has 1 aromatic rings. The molecule has 0 radical (unpaired) electrons. The summed E-state index contributed by atoms with van der Waals surface area (Å²) in [6.45, 7) is 4.05. The third-order valence-electron chi connectivity index (χ3n) is 2.51. The van der Waals surface area contributed by atoms with Gasteiger partial charge in [0.15, 0.2) is 0 Å². The molecule has 0 amide bonds. The minimum Gasteiger partial charge on any atom is -0.497 e. The van der Waals surface area contributed by atoms with Crippen molar-refractivity contribution in [2.45, 2.75) is 38.8 Å². The number of esters is 1. The van der Waals surface area contributed by atoms with Crippen LogP contribution in [0.25, 0.3) is 0 Å². The maximum absolute atomic E-state index is 11.5. The molecule has 1 rings (SSSR count). The first-order valence-electron chi connectivity index (χ1n) is 5.98. The average molecular weight is 251 g/mol.